The van der Waals surface area contributed by atoms with E-state index in [9.17, 15) is 9.59 Å². The number of amides is 1. The molecule has 0 radical (unpaired) electrons. The molecule has 1 aromatic heterocycles. The molecule has 138 valence electrons. The smallest absolute Gasteiger partial charge is 0.338 e. The molecule has 2 aromatic carbocycles. The average Bonchev–Trinajstić information content (AvgIpc) is 3.21. The van der Waals surface area contributed by atoms with Crippen molar-refractivity contribution in [2.75, 3.05) is 19.0 Å². The lowest BCUT2D eigenvalue weighted by atomic mass is 10.2. The maximum Gasteiger partial charge on any atom is 0.338 e. The summed E-state index contributed by atoms with van der Waals surface area (Å²) in [5.41, 5.74) is 1.77. The molecule has 0 aliphatic heterocycles. The molecule has 1 amide bonds. The third-order valence-electron chi connectivity index (χ3n) is 3.78. The monoisotopic (exact) mass is 384 g/mol. The van der Waals surface area contributed by atoms with Crippen LogP contribution in [0.25, 0.3) is 5.69 Å². The number of esters is 1. The van der Waals surface area contributed by atoms with Crippen LogP contribution >= 0.6 is 11.6 Å². The average molecular weight is 385 g/mol. The molecule has 3 rings (SSSR count). The Morgan fingerprint density at radius 3 is 2.41 bits per heavy atom. The van der Waals surface area contributed by atoms with Gasteiger partial charge in [-0.2, -0.15) is 0 Å². The molecule has 0 fully saturated rings. The number of benzene rings is 2. The molecule has 0 unspecified atom stereocenters. The van der Waals surface area contributed by atoms with Crippen LogP contribution in [-0.2, 0) is 9.53 Å². The molecular weight excluding hydrogens is 368 g/mol. The van der Waals surface area contributed by atoms with Crippen molar-refractivity contribution in [2.24, 2.45) is 0 Å². The largest absolute Gasteiger partial charge is 0.495 e. The van der Waals surface area contributed by atoms with Gasteiger partial charge in [0.25, 0.3) is 5.91 Å². The van der Waals surface area contributed by atoms with Crippen molar-refractivity contribution in [2.45, 2.75) is 0 Å². The van der Waals surface area contributed by atoms with E-state index in [4.69, 9.17) is 21.1 Å². The lowest BCUT2D eigenvalue weighted by molar-refractivity contribution is -0.119. The normalized spacial score (nSPS) is 10.3. The third-order valence-corrected chi connectivity index (χ3v) is 4.07. The molecule has 27 heavy (non-hydrogen) atoms. The Bertz CT molecular complexity index is 937. The van der Waals surface area contributed by atoms with Crippen molar-refractivity contribution in [3.8, 4) is 11.4 Å². The van der Waals surface area contributed by atoms with E-state index in [1.54, 1.807) is 42.5 Å². The Labute approximate surface area is 161 Å². The van der Waals surface area contributed by atoms with Gasteiger partial charge in [-0.25, -0.2) is 4.79 Å². The summed E-state index contributed by atoms with van der Waals surface area (Å²) in [5.74, 6) is -0.532. The van der Waals surface area contributed by atoms with E-state index in [0.717, 1.165) is 5.69 Å². The lowest BCUT2D eigenvalue weighted by Crippen LogP contribution is -2.20. The van der Waals surface area contributed by atoms with Crippen LogP contribution < -0.4 is 10.1 Å². The molecule has 0 bridgehead atoms. The Morgan fingerprint density at radius 1 is 1.07 bits per heavy atom. The fraction of sp³-hybridized carbons (Fsp3) is 0.100. The Morgan fingerprint density at radius 2 is 1.78 bits per heavy atom. The maximum atomic E-state index is 12.1. The first kappa shape index (κ1) is 18.5. The van der Waals surface area contributed by atoms with Crippen LogP contribution in [0.2, 0.25) is 5.02 Å². The van der Waals surface area contributed by atoms with Gasteiger partial charge >= 0.3 is 5.97 Å². The fourth-order valence-electron chi connectivity index (χ4n) is 2.43. The van der Waals surface area contributed by atoms with Crippen LogP contribution in [0.5, 0.6) is 5.75 Å². The summed E-state index contributed by atoms with van der Waals surface area (Å²) in [7, 11) is 1.50. The van der Waals surface area contributed by atoms with Gasteiger partial charge < -0.3 is 19.4 Å². The van der Waals surface area contributed by atoms with Gasteiger partial charge in [-0.1, -0.05) is 11.6 Å². The Balaban J connectivity index is 1.54. The van der Waals surface area contributed by atoms with Gasteiger partial charge in [0, 0.05) is 23.8 Å². The number of nitrogens with one attached hydrogen (secondary N) is 1. The van der Waals surface area contributed by atoms with E-state index in [2.05, 4.69) is 5.32 Å². The minimum atomic E-state index is -0.572. The number of halogens is 1. The predicted octanol–water partition coefficient (Wildman–Crippen LogP) is 3.93. The van der Waals surface area contributed by atoms with Crippen LogP contribution in [0.15, 0.2) is 67.0 Å². The Hall–Kier alpha value is -3.25. The van der Waals surface area contributed by atoms with Crippen LogP contribution in [-0.4, -0.2) is 30.2 Å². The first-order valence-corrected chi connectivity index (χ1v) is 8.48. The van der Waals surface area contributed by atoms with Crippen molar-refractivity contribution >= 4 is 29.2 Å². The molecule has 0 aliphatic carbocycles. The molecule has 7 heteroatoms. The second kappa shape index (κ2) is 8.42. The summed E-state index contributed by atoms with van der Waals surface area (Å²) in [6.45, 7) is -0.401. The first-order valence-electron chi connectivity index (χ1n) is 8.11. The van der Waals surface area contributed by atoms with E-state index < -0.39 is 18.5 Å². The summed E-state index contributed by atoms with van der Waals surface area (Å²) in [6, 6.07) is 15.6. The molecule has 1 N–H and O–H groups in total. The number of carbonyl (C=O) groups is 2. The van der Waals surface area contributed by atoms with Crippen molar-refractivity contribution in [3.05, 3.63) is 77.6 Å². The standard InChI is InChI=1S/C20H17ClN2O4/c1-26-18-9-6-15(12-17(18)21)22-19(24)13-27-20(25)14-4-7-16(8-5-14)23-10-2-3-11-23/h2-12H,13H2,1H3,(H,22,24). The number of rotatable bonds is 6. The third kappa shape index (κ3) is 4.68. The number of hydrogen-bond donors (Lipinski definition) is 1. The molecule has 0 atom stereocenters. The van der Waals surface area contributed by atoms with Crippen molar-refractivity contribution in [1.82, 2.24) is 4.57 Å². The van der Waals surface area contributed by atoms with Gasteiger partial charge in [0.2, 0.25) is 0 Å². The van der Waals surface area contributed by atoms with Crippen molar-refractivity contribution in [3.63, 3.8) is 0 Å². The van der Waals surface area contributed by atoms with Crippen LogP contribution in [0, 0.1) is 0 Å². The highest BCUT2D eigenvalue weighted by atomic mass is 35.5. The molecule has 0 saturated carbocycles. The molecule has 0 spiro atoms. The zero-order valence-electron chi connectivity index (χ0n) is 14.5. The van der Waals surface area contributed by atoms with E-state index in [1.165, 1.54) is 7.11 Å². The second-order valence-electron chi connectivity index (χ2n) is 5.61. The highest BCUT2D eigenvalue weighted by molar-refractivity contribution is 6.32. The van der Waals surface area contributed by atoms with Crippen LogP contribution in [0.1, 0.15) is 10.4 Å². The summed E-state index contributed by atoms with van der Waals surface area (Å²) in [6.07, 6.45) is 3.81. The van der Waals surface area contributed by atoms with Gasteiger partial charge in [-0.05, 0) is 54.6 Å². The highest BCUT2D eigenvalue weighted by Gasteiger charge is 2.11. The van der Waals surface area contributed by atoms with E-state index in [1.807, 2.05) is 29.1 Å². The highest BCUT2D eigenvalue weighted by Crippen LogP contribution is 2.27. The number of nitrogens with zero attached hydrogens (tertiary/aromatic N) is 1. The summed E-state index contributed by atoms with van der Waals surface area (Å²) in [4.78, 5) is 24.0. The molecule has 1 heterocycles. The van der Waals surface area contributed by atoms with E-state index >= 15 is 0 Å². The molecule has 3 aromatic rings. The lowest BCUT2D eigenvalue weighted by Gasteiger charge is -2.09. The minimum Gasteiger partial charge on any atom is -0.495 e. The summed E-state index contributed by atoms with van der Waals surface area (Å²) in [5, 5.41) is 2.98. The van der Waals surface area contributed by atoms with Gasteiger partial charge in [0.05, 0.1) is 17.7 Å². The van der Waals surface area contributed by atoms with Crippen LogP contribution in [0.4, 0.5) is 5.69 Å². The predicted molar refractivity (Wildman–Crippen MR) is 103 cm³/mol. The summed E-state index contributed by atoms with van der Waals surface area (Å²) < 4.78 is 12.0. The maximum absolute atomic E-state index is 12.1. The molecule has 0 aliphatic rings. The second-order valence-corrected chi connectivity index (χ2v) is 6.02. The van der Waals surface area contributed by atoms with Gasteiger partial charge in [0.1, 0.15) is 5.75 Å². The van der Waals surface area contributed by atoms with Gasteiger partial charge in [-0.3, -0.25) is 4.79 Å². The van der Waals surface area contributed by atoms with Gasteiger partial charge in [-0.15, -0.1) is 0 Å². The SMILES string of the molecule is COc1ccc(NC(=O)COC(=O)c2ccc(-n3cccc3)cc2)cc1Cl. The quantitative estimate of drug-likeness (QED) is 0.654. The first-order chi connectivity index (χ1) is 13.1. The number of carbonyl (C=O) groups excluding carboxylic acids is 2. The minimum absolute atomic E-state index is 0.367. The van der Waals surface area contributed by atoms with Crippen molar-refractivity contribution in [1.29, 1.82) is 0 Å². The molecule has 6 nitrogen and oxygen atoms in total. The van der Waals surface area contributed by atoms with Crippen molar-refractivity contribution < 1.29 is 19.1 Å². The Kier molecular flexibility index (Phi) is 5.78. The fourth-order valence-corrected chi connectivity index (χ4v) is 2.69. The van der Waals surface area contributed by atoms with Crippen LogP contribution in [0.3, 0.4) is 0 Å². The molecular formula is C20H17ClN2O4. The number of ether oxygens (including phenoxy) is 2. The number of aromatic nitrogens is 1. The number of hydrogen-bond acceptors (Lipinski definition) is 4. The van der Waals surface area contributed by atoms with E-state index in [-0.39, 0.29) is 0 Å². The molecule has 0 saturated heterocycles. The number of methoxy groups -OCH3 is 1. The summed E-state index contributed by atoms with van der Waals surface area (Å²) >= 11 is 6.01. The van der Waals surface area contributed by atoms with E-state index in [0.29, 0.717) is 22.0 Å². The zero-order valence-corrected chi connectivity index (χ0v) is 15.3. The zero-order chi connectivity index (χ0) is 19.2. The number of anilines is 1. The van der Waals surface area contributed by atoms with Gasteiger partial charge in [0.15, 0.2) is 6.61 Å². The topological polar surface area (TPSA) is 69.6 Å².